The fourth-order valence-corrected chi connectivity index (χ4v) is 3.74. The predicted molar refractivity (Wildman–Crippen MR) is 104 cm³/mol. The first kappa shape index (κ1) is 20.4. The summed E-state index contributed by atoms with van der Waals surface area (Å²) in [6.45, 7) is 3.93. The summed E-state index contributed by atoms with van der Waals surface area (Å²) in [4.78, 5) is 11.2. The van der Waals surface area contributed by atoms with E-state index < -0.39 is 7.60 Å². The molecule has 3 rings (SSSR count). The van der Waals surface area contributed by atoms with Crippen molar-refractivity contribution in [1.82, 2.24) is 15.0 Å². The summed E-state index contributed by atoms with van der Waals surface area (Å²) in [6.07, 6.45) is 1.72. The maximum atomic E-state index is 12.7. The van der Waals surface area contributed by atoms with Gasteiger partial charge in [-0.1, -0.05) is 42.5 Å². The third-order valence-electron chi connectivity index (χ3n) is 3.67. The second-order valence-corrected chi connectivity index (χ2v) is 7.62. The van der Waals surface area contributed by atoms with Gasteiger partial charge in [0.25, 0.3) is 0 Å². The fourth-order valence-electron chi connectivity index (χ4n) is 2.42. The molecule has 0 unspecified atom stereocenters. The van der Waals surface area contributed by atoms with Crippen LogP contribution in [0.5, 0.6) is 0 Å². The fraction of sp³-hybridized carbons (Fsp3) is 0.263. The zero-order valence-electron chi connectivity index (χ0n) is 15.7. The van der Waals surface area contributed by atoms with Crippen molar-refractivity contribution in [2.45, 2.75) is 20.0 Å². The largest absolute Gasteiger partial charge is 0.388 e. The Morgan fingerprint density at radius 3 is 2.18 bits per heavy atom. The Hall–Kier alpha value is -2.35. The molecular formula is C19H22N3O5P. The summed E-state index contributed by atoms with van der Waals surface area (Å²) in [5.41, 5.74) is 3.29. The van der Waals surface area contributed by atoms with Crippen LogP contribution in [0.3, 0.4) is 0 Å². The van der Waals surface area contributed by atoms with E-state index in [2.05, 4.69) is 10.2 Å². The first-order chi connectivity index (χ1) is 13.6. The third-order valence-corrected chi connectivity index (χ3v) is 5.09. The SMILES string of the molecule is CCOOP(=O)(Cc1ccc(-n2ncc(-c3ccccc3)n2)cc1)OOCC. The molecule has 0 saturated heterocycles. The van der Waals surface area contributed by atoms with E-state index >= 15 is 0 Å². The maximum Gasteiger partial charge on any atom is 0.388 e. The summed E-state index contributed by atoms with van der Waals surface area (Å²) in [7, 11) is -3.58. The minimum absolute atomic E-state index is 0.00901. The van der Waals surface area contributed by atoms with Gasteiger partial charge in [0, 0.05) is 5.56 Å². The van der Waals surface area contributed by atoms with E-state index in [0.29, 0.717) is 0 Å². The van der Waals surface area contributed by atoms with Crippen LogP contribution in [0, 0.1) is 0 Å². The average molecular weight is 403 g/mol. The van der Waals surface area contributed by atoms with Crippen molar-refractivity contribution >= 4 is 7.60 Å². The molecule has 148 valence electrons. The molecule has 0 aliphatic heterocycles. The molecule has 3 aromatic rings. The highest BCUT2D eigenvalue weighted by atomic mass is 31.2. The first-order valence-corrected chi connectivity index (χ1v) is 10.6. The first-order valence-electron chi connectivity index (χ1n) is 8.92. The maximum absolute atomic E-state index is 12.7. The van der Waals surface area contributed by atoms with Gasteiger partial charge in [-0.3, -0.25) is 4.57 Å². The molecule has 9 heteroatoms. The van der Waals surface area contributed by atoms with Gasteiger partial charge in [0.2, 0.25) is 0 Å². The van der Waals surface area contributed by atoms with Crippen LogP contribution in [-0.4, -0.2) is 28.2 Å². The summed E-state index contributed by atoms with van der Waals surface area (Å²) in [5, 5.41) is 8.81. The van der Waals surface area contributed by atoms with E-state index in [0.717, 1.165) is 22.5 Å². The summed E-state index contributed by atoms with van der Waals surface area (Å²) >= 11 is 0. The van der Waals surface area contributed by atoms with Crippen molar-refractivity contribution in [2.75, 3.05) is 13.2 Å². The van der Waals surface area contributed by atoms with Crippen molar-refractivity contribution in [2.24, 2.45) is 0 Å². The van der Waals surface area contributed by atoms with Crippen LogP contribution in [-0.2, 0) is 29.9 Å². The number of hydrogen-bond acceptors (Lipinski definition) is 7. The summed E-state index contributed by atoms with van der Waals surface area (Å²) < 4.78 is 22.6. The van der Waals surface area contributed by atoms with E-state index in [4.69, 9.17) is 19.1 Å². The molecule has 0 N–H and O–H groups in total. The van der Waals surface area contributed by atoms with Crippen LogP contribution in [0.4, 0.5) is 0 Å². The van der Waals surface area contributed by atoms with Crippen LogP contribution in [0.1, 0.15) is 19.4 Å². The van der Waals surface area contributed by atoms with E-state index in [1.54, 1.807) is 37.0 Å². The molecule has 1 aromatic heterocycles. The van der Waals surface area contributed by atoms with Crippen LogP contribution >= 0.6 is 7.60 Å². The molecule has 0 fully saturated rings. The Bertz CT molecular complexity index is 903. The molecule has 0 saturated carbocycles. The van der Waals surface area contributed by atoms with Crippen LogP contribution in [0.15, 0.2) is 60.8 Å². The minimum atomic E-state index is -3.58. The lowest BCUT2D eigenvalue weighted by Crippen LogP contribution is -2.02. The minimum Gasteiger partial charge on any atom is -0.255 e. The van der Waals surface area contributed by atoms with E-state index in [-0.39, 0.29) is 19.4 Å². The summed E-state index contributed by atoms with van der Waals surface area (Å²) in [5.74, 6) is 0. The lowest BCUT2D eigenvalue weighted by Gasteiger charge is -2.15. The van der Waals surface area contributed by atoms with E-state index in [1.165, 1.54) is 0 Å². The van der Waals surface area contributed by atoms with Crippen LogP contribution in [0.25, 0.3) is 16.9 Å². The topological polar surface area (TPSA) is 84.7 Å². The zero-order chi connectivity index (χ0) is 19.8. The van der Waals surface area contributed by atoms with Crippen LogP contribution in [0.2, 0.25) is 0 Å². The Morgan fingerprint density at radius 1 is 0.929 bits per heavy atom. The molecule has 0 spiro atoms. The van der Waals surface area contributed by atoms with Gasteiger partial charge in [0.15, 0.2) is 0 Å². The number of hydrogen-bond donors (Lipinski definition) is 0. The number of aromatic nitrogens is 3. The monoisotopic (exact) mass is 403 g/mol. The Kier molecular flexibility index (Phi) is 7.08. The lowest BCUT2D eigenvalue weighted by atomic mass is 10.2. The summed E-state index contributed by atoms with van der Waals surface area (Å²) in [6, 6.07) is 17.1. The molecule has 0 amide bonds. The van der Waals surface area contributed by atoms with E-state index in [1.807, 2.05) is 42.5 Å². The average Bonchev–Trinajstić information content (AvgIpc) is 3.22. The molecule has 0 bridgehead atoms. The van der Waals surface area contributed by atoms with Gasteiger partial charge in [0.05, 0.1) is 31.3 Å². The van der Waals surface area contributed by atoms with Gasteiger partial charge in [-0.2, -0.15) is 9.90 Å². The molecule has 0 aliphatic rings. The molecule has 28 heavy (non-hydrogen) atoms. The van der Waals surface area contributed by atoms with Gasteiger partial charge >= 0.3 is 7.60 Å². The number of benzene rings is 2. The molecule has 0 atom stereocenters. The molecule has 2 aromatic carbocycles. The van der Waals surface area contributed by atoms with Gasteiger partial charge < -0.3 is 0 Å². The van der Waals surface area contributed by atoms with Crippen molar-refractivity contribution in [3.05, 3.63) is 66.4 Å². The number of nitrogens with zero attached hydrogens (tertiary/aromatic N) is 3. The molecular weight excluding hydrogens is 381 g/mol. The zero-order valence-corrected chi connectivity index (χ0v) is 16.6. The lowest BCUT2D eigenvalue weighted by molar-refractivity contribution is -0.263. The molecule has 8 nitrogen and oxygen atoms in total. The Balaban J connectivity index is 1.72. The highest BCUT2D eigenvalue weighted by molar-refractivity contribution is 7.52. The van der Waals surface area contributed by atoms with Crippen LogP contribution < -0.4 is 0 Å². The number of rotatable bonds is 10. The molecule has 1 heterocycles. The molecule has 0 aliphatic carbocycles. The third kappa shape index (κ3) is 5.34. The standard InChI is InChI=1S/C19H22N3O5P/c1-3-24-26-28(23,27-25-4-2)15-16-10-12-18(13-11-16)22-20-14-19(21-22)17-8-6-5-7-9-17/h5-14H,3-4,15H2,1-2H3. The van der Waals surface area contributed by atoms with Crippen molar-refractivity contribution in [3.8, 4) is 16.9 Å². The van der Waals surface area contributed by atoms with Crippen molar-refractivity contribution < 1.29 is 23.7 Å². The second kappa shape index (κ2) is 9.73. The van der Waals surface area contributed by atoms with E-state index in [9.17, 15) is 4.57 Å². The van der Waals surface area contributed by atoms with Gasteiger partial charge in [0.1, 0.15) is 5.69 Å². The highest BCUT2D eigenvalue weighted by Gasteiger charge is 2.28. The quantitative estimate of drug-likeness (QED) is 0.279. The second-order valence-electron chi connectivity index (χ2n) is 5.78. The van der Waals surface area contributed by atoms with Crippen molar-refractivity contribution in [1.29, 1.82) is 0 Å². The van der Waals surface area contributed by atoms with Gasteiger partial charge in [-0.05, 0) is 31.5 Å². The smallest absolute Gasteiger partial charge is 0.255 e. The van der Waals surface area contributed by atoms with Gasteiger partial charge in [-0.15, -0.1) is 14.4 Å². The van der Waals surface area contributed by atoms with Gasteiger partial charge in [-0.25, -0.2) is 9.78 Å². The highest BCUT2D eigenvalue weighted by Crippen LogP contribution is 2.51. The van der Waals surface area contributed by atoms with Crippen molar-refractivity contribution in [3.63, 3.8) is 0 Å². The normalized spacial score (nSPS) is 11.6. The molecule has 0 radical (unpaired) electrons. The predicted octanol–water partition coefficient (Wildman–Crippen LogP) is 4.56. The Labute approximate surface area is 163 Å². The Morgan fingerprint density at radius 2 is 1.57 bits per heavy atom.